The van der Waals surface area contributed by atoms with Gasteiger partial charge in [-0.05, 0) is 11.6 Å². The number of fused-ring (bicyclic) bond motifs is 1. The second kappa shape index (κ2) is 9.48. The highest BCUT2D eigenvalue weighted by molar-refractivity contribution is 6.45. The van der Waals surface area contributed by atoms with Crippen molar-refractivity contribution in [2.75, 3.05) is 0 Å². The molecular weight excluding hydrogens is 390 g/mol. The molecule has 3 rings (SSSR count). The van der Waals surface area contributed by atoms with E-state index in [9.17, 15) is 19.2 Å². The Morgan fingerprint density at radius 3 is 2.43 bits per heavy atom. The molecule has 0 aliphatic rings. The van der Waals surface area contributed by atoms with Crippen molar-refractivity contribution >= 4 is 34.5 Å². The fraction of sp³-hybridized carbons (Fsp3) is 0.143. The van der Waals surface area contributed by atoms with Gasteiger partial charge in [0.1, 0.15) is 12.6 Å². The first-order chi connectivity index (χ1) is 14.5. The molecule has 0 fully saturated rings. The quantitative estimate of drug-likeness (QED) is 0.146. The number of para-hydroxylation sites is 1. The first-order valence-corrected chi connectivity index (χ1v) is 9.04. The third-order valence-corrected chi connectivity index (χ3v) is 4.37. The molecule has 0 spiro atoms. The van der Waals surface area contributed by atoms with Gasteiger partial charge >= 0.3 is 5.97 Å². The lowest BCUT2D eigenvalue weighted by atomic mass is 10.1. The number of ether oxygens (including phenoxy) is 1. The Bertz CT molecular complexity index is 1080. The molecule has 0 radical (unpaired) electrons. The van der Waals surface area contributed by atoms with Crippen LogP contribution in [-0.4, -0.2) is 39.8 Å². The Morgan fingerprint density at radius 2 is 1.70 bits per heavy atom. The Morgan fingerprint density at radius 1 is 1.00 bits per heavy atom. The molecule has 0 saturated heterocycles. The van der Waals surface area contributed by atoms with Crippen LogP contribution in [0.15, 0.2) is 60.8 Å². The predicted octanol–water partition coefficient (Wildman–Crippen LogP) is 1.47. The van der Waals surface area contributed by atoms with Gasteiger partial charge in [0.05, 0.1) is 12.0 Å². The monoisotopic (exact) mass is 409 g/mol. The van der Waals surface area contributed by atoms with Crippen LogP contribution in [0.3, 0.4) is 0 Å². The van der Waals surface area contributed by atoms with Crippen LogP contribution in [0, 0.1) is 0 Å². The van der Waals surface area contributed by atoms with Crippen molar-refractivity contribution in [1.82, 2.24) is 15.8 Å². The zero-order chi connectivity index (χ0) is 21.5. The molecule has 0 saturated carbocycles. The molecule has 9 heteroatoms. The molecule has 0 unspecified atom stereocenters. The van der Waals surface area contributed by atoms with E-state index in [0.29, 0.717) is 16.5 Å². The van der Waals surface area contributed by atoms with Crippen molar-refractivity contribution in [3.8, 4) is 0 Å². The van der Waals surface area contributed by atoms with E-state index >= 15 is 0 Å². The van der Waals surface area contributed by atoms with Crippen LogP contribution in [0.1, 0.15) is 22.3 Å². The van der Waals surface area contributed by atoms with Crippen molar-refractivity contribution in [3.63, 3.8) is 0 Å². The number of carbonyl (C=O) groups is 4. The van der Waals surface area contributed by atoms with E-state index in [-0.39, 0.29) is 12.2 Å². The summed E-state index contributed by atoms with van der Waals surface area (Å²) in [6.45, 7) is -0.0802. The minimum absolute atomic E-state index is 0.0802. The van der Waals surface area contributed by atoms with Crippen LogP contribution >= 0.6 is 0 Å². The summed E-state index contributed by atoms with van der Waals surface area (Å²) in [4.78, 5) is 51.9. The van der Waals surface area contributed by atoms with E-state index < -0.39 is 36.0 Å². The maximum Gasteiger partial charge on any atom is 0.329 e. The van der Waals surface area contributed by atoms with E-state index in [1.807, 2.05) is 0 Å². The number of aromatic amines is 1. The van der Waals surface area contributed by atoms with Crippen LogP contribution in [0.25, 0.3) is 10.9 Å². The molecule has 1 aromatic heterocycles. The molecule has 0 bridgehead atoms. The van der Waals surface area contributed by atoms with Gasteiger partial charge in [-0.3, -0.25) is 19.6 Å². The number of H-pyrrole nitrogens is 1. The maximum absolute atomic E-state index is 12.6. The van der Waals surface area contributed by atoms with Crippen LogP contribution in [-0.2, 0) is 25.7 Å². The van der Waals surface area contributed by atoms with Crippen LogP contribution < -0.4 is 10.8 Å². The van der Waals surface area contributed by atoms with Crippen LogP contribution in [0.5, 0.6) is 0 Å². The van der Waals surface area contributed by atoms with Gasteiger partial charge in [-0.1, -0.05) is 48.5 Å². The molecule has 4 N–H and O–H groups in total. The van der Waals surface area contributed by atoms with Crippen molar-refractivity contribution in [1.29, 1.82) is 0 Å². The van der Waals surface area contributed by atoms with Gasteiger partial charge < -0.3 is 15.0 Å². The Kier molecular flexibility index (Phi) is 6.56. The van der Waals surface area contributed by atoms with Gasteiger partial charge in [0, 0.05) is 17.1 Å². The Balaban J connectivity index is 1.71. The molecular formula is C21H19N3O6. The highest BCUT2D eigenvalue weighted by Gasteiger charge is 2.29. The summed E-state index contributed by atoms with van der Waals surface area (Å²) in [6.07, 6.45) is 0.798. The number of esters is 1. The average Bonchev–Trinajstić information content (AvgIpc) is 3.21. The SMILES string of the molecule is O=C(C[C@H](NC(=O)C(=O)c1c[nH]c2ccccc12)C(=O)OCc1ccccc1)NO. The normalized spacial score (nSPS) is 11.5. The smallest absolute Gasteiger partial charge is 0.329 e. The number of rotatable bonds is 8. The molecule has 1 atom stereocenters. The zero-order valence-corrected chi connectivity index (χ0v) is 15.8. The molecule has 2 aromatic carbocycles. The number of nitrogens with one attached hydrogen (secondary N) is 3. The highest BCUT2D eigenvalue weighted by atomic mass is 16.5. The summed E-state index contributed by atoms with van der Waals surface area (Å²) < 4.78 is 5.14. The maximum atomic E-state index is 12.6. The lowest BCUT2D eigenvalue weighted by Crippen LogP contribution is -2.47. The largest absolute Gasteiger partial charge is 0.459 e. The summed E-state index contributed by atoms with van der Waals surface area (Å²) in [6, 6.07) is 14.3. The summed E-state index contributed by atoms with van der Waals surface area (Å²) in [5.74, 6) is -3.79. The summed E-state index contributed by atoms with van der Waals surface area (Å²) in [5, 5.41) is 11.5. The molecule has 3 aromatic rings. The van der Waals surface area contributed by atoms with Crippen molar-refractivity contribution in [2.24, 2.45) is 0 Å². The molecule has 0 aliphatic heterocycles. The van der Waals surface area contributed by atoms with E-state index in [1.165, 1.54) is 11.7 Å². The summed E-state index contributed by atoms with van der Waals surface area (Å²) >= 11 is 0. The third-order valence-electron chi connectivity index (χ3n) is 4.37. The van der Waals surface area contributed by atoms with Gasteiger partial charge in [0.2, 0.25) is 5.91 Å². The number of ketones is 1. The number of carbonyl (C=O) groups excluding carboxylic acids is 4. The Labute approximate surface area is 171 Å². The predicted molar refractivity (Wildman–Crippen MR) is 105 cm³/mol. The fourth-order valence-electron chi connectivity index (χ4n) is 2.86. The second-order valence-corrected chi connectivity index (χ2v) is 6.44. The second-order valence-electron chi connectivity index (χ2n) is 6.44. The van der Waals surface area contributed by atoms with Crippen molar-refractivity contribution in [2.45, 2.75) is 19.1 Å². The van der Waals surface area contributed by atoms with E-state index in [4.69, 9.17) is 9.94 Å². The summed E-state index contributed by atoms with van der Waals surface area (Å²) in [5.41, 5.74) is 2.90. The Hall–Kier alpha value is -3.98. The van der Waals surface area contributed by atoms with E-state index in [0.717, 1.165) is 0 Å². The number of aromatic nitrogens is 1. The van der Waals surface area contributed by atoms with Crippen molar-refractivity contribution in [3.05, 3.63) is 71.9 Å². The minimum atomic E-state index is -1.46. The van der Waals surface area contributed by atoms with Gasteiger partial charge in [-0.25, -0.2) is 10.3 Å². The standard InChI is InChI=1S/C21H19N3O6/c25-18(24-29)10-17(21(28)30-12-13-6-2-1-3-7-13)23-20(27)19(26)15-11-22-16-9-5-4-8-14(15)16/h1-9,11,17,22,29H,10,12H2,(H,23,27)(H,24,25)/t17-/m0/s1. The van der Waals surface area contributed by atoms with Gasteiger partial charge in [-0.15, -0.1) is 0 Å². The van der Waals surface area contributed by atoms with Crippen LogP contribution in [0.2, 0.25) is 0 Å². The molecule has 1 heterocycles. The zero-order valence-electron chi connectivity index (χ0n) is 15.8. The molecule has 2 amide bonds. The number of hydroxylamine groups is 1. The van der Waals surface area contributed by atoms with E-state index in [1.54, 1.807) is 54.6 Å². The van der Waals surface area contributed by atoms with Crippen molar-refractivity contribution < 1.29 is 29.1 Å². The number of Topliss-reactive ketones (excluding diaryl/α,β-unsaturated/α-hetero) is 1. The molecule has 0 aliphatic carbocycles. The van der Waals surface area contributed by atoms with E-state index in [2.05, 4.69) is 10.3 Å². The fourth-order valence-corrected chi connectivity index (χ4v) is 2.86. The molecule has 154 valence electrons. The minimum Gasteiger partial charge on any atom is -0.459 e. The molecule has 9 nitrogen and oxygen atoms in total. The number of hydrogen-bond acceptors (Lipinski definition) is 6. The lowest BCUT2D eigenvalue weighted by molar-refractivity contribution is -0.150. The number of amides is 2. The average molecular weight is 409 g/mol. The number of benzene rings is 2. The van der Waals surface area contributed by atoms with Gasteiger partial charge in [-0.2, -0.15) is 0 Å². The lowest BCUT2D eigenvalue weighted by Gasteiger charge is -2.16. The number of hydrogen-bond donors (Lipinski definition) is 4. The first kappa shape index (κ1) is 20.7. The van der Waals surface area contributed by atoms with Crippen LogP contribution in [0.4, 0.5) is 0 Å². The van der Waals surface area contributed by atoms with Gasteiger partial charge in [0.25, 0.3) is 11.7 Å². The molecule has 30 heavy (non-hydrogen) atoms. The van der Waals surface area contributed by atoms with Gasteiger partial charge in [0.15, 0.2) is 0 Å². The topological polar surface area (TPSA) is 138 Å². The highest BCUT2D eigenvalue weighted by Crippen LogP contribution is 2.18. The summed E-state index contributed by atoms with van der Waals surface area (Å²) in [7, 11) is 0. The first-order valence-electron chi connectivity index (χ1n) is 9.04. The third kappa shape index (κ3) is 4.89.